The van der Waals surface area contributed by atoms with Crippen LogP contribution in [0.1, 0.15) is 26.2 Å². The lowest BCUT2D eigenvalue weighted by Crippen LogP contribution is -2.41. The summed E-state index contributed by atoms with van der Waals surface area (Å²) in [6.07, 6.45) is 3.49. The van der Waals surface area contributed by atoms with Crippen molar-refractivity contribution in [1.82, 2.24) is 15.4 Å². The van der Waals surface area contributed by atoms with E-state index in [4.69, 9.17) is 4.74 Å². The number of nitrogens with one attached hydrogen (secondary N) is 3. The minimum absolute atomic E-state index is 0.270. The second-order valence-corrected chi connectivity index (χ2v) is 8.04. The SMILES string of the molecule is CCNC(=NCCCOCC1CC1)NCCNS(=O)(=O)c1ccccc1. The first-order valence-corrected chi connectivity index (χ1v) is 10.7. The molecule has 146 valence electrons. The number of sulfonamides is 1. The molecule has 0 atom stereocenters. The van der Waals surface area contributed by atoms with Gasteiger partial charge in [-0.25, -0.2) is 13.1 Å². The van der Waals surface area contributed by atoms with Gasteiger partial charge in [-0.3, -0.25) is 4.99 Å². The smallest absolute Gasteiger partial charge is 0.240 e. The molecule has 0 spiro atoms. The van der Waals surface area contributed by atoms with Gasteiger partial charge in [0.05, 0.1) is 4.90 Å². The van der Waals surface area contributed by atoms with Crippen molar-refractivity contribution in [1.29, 1.82) is 0 Å². The van der Waals surface area contributed by atoms with Gasteiger partial charge in [0.25, 0.3) is 0 Å². The zero-order chi connectivity index (χ0) is 18.7. The molecule has 3 N–H and O–H groups in total. The Kier molecular flexibility index (Phi) is 8.87. The van der Waals surface area contributed by atoms with Gasteiger partial charge >= 0.3 is 0 Å². The first-order valence-electron chi connectivity index (χ1n) is 9.26. The van der Waals surface area contributed by atoms with Gasteiger partial charge in [-0.1, -0.05) is 18.2 Å². The van der Waals surface area contributed by atoms with E-state index in [-0.39, 0.29) is 11.4 Å². The summed E-state index contributed by atoms with van der Waals surface area (Å²) in [6, 6.07) is 8.35. The molecule has 26 heavy (non-hydrogen) atoms. The Labute approximate surface area is 156 Å². The molecule has 2 rings (SSSR count). The lowest BCUT2D eigenvalue weighted by Gasteiger charge is -2.12. The highest BCUT2D eigenvalue weighted by Crippen LogP contribution is 2.28. The van der Waals surface area contributed by atoms with Crippen molar-refractivity contribution >= 4 is 16.0 Å². The number of nitrogens with zero attached hydrogens (tertiary/aromatic N) is 1. The molecule has 1 aromatic rings. The van der Waals surface area contributed by atoms with Crippen LogP contribution >= 0.6 is 0 Å². The predicted molar refractivity (Wildman–Crippen MR) is 104 cm³/mol. The van der Waals surface area contributed by atoms with Gasteiger partial charge in [0, 0.05) is 39.4 Å². The van der Waals surface area contributed by atoms with Crippen LogP contribution in [0.15, 0.2) is 40.2 Å². The van der Waals surface area contributed by atoms with E-state index >= 15 is 0 Å². The largest absolute Gasteiger partial charge is 0.381 e. The summed E-state index contributed by atoms with van der Waals surface area (Å²) in [4.78, 5) is 4.75. The number of aliphatic imine (C=N–C) groups is 1. The monoisotopic (exact) mass is 382 g/mol. The Balaban J connectivity index is 1.64. The molecular weight excluding hydrogens is 352 g/mol. The molecule has 0 aliphatic heterocycles. The van der Waals surface area contributed by atoms with Crippen LogP contribution in [0.4, 0.5) is 0 Å². The molecule has 0 unspecified atom stereocenters. The van der Waals surface area contributed by atoms with Crippen molar-refractivity contribution in [2.45, 2.75) is 31.1 Å². The number of hydrogen-bond acceptors (Lipinski definition) is 4. The molecule has 0 amide bonds. The van der Waals surface area contributed by atoms with Crippen LogP contribution in [0.25, 0.3) is 0 Å². The lowest BCUT2D eigenvalue weighted by molar-refractivity contribution is 0.123. The quantitative estimate of drug-likeness (QED) is 0.288. The maximum absolute atomic E-state index is 12.1. The topological polar surface area (TPSA) is 91.8 Å². The Hall–Kier alpha value is -1.64. The van der Waals surface area contributed by atoms with E-state index in [0.29, 0.717) is 19.0 Å². The molecule has 1 fully saturated rings. The van der Waals surface area contributed by atoms with Gasteiger partial charge in [-0.05, 0) is 44.2 Å². The Morgan fingerprint density at radius 2 is 1.96 bits per heavy atom. The average molecular weight is 383 g/mol. The molecule has 0 saturated heterocycles. The summed E-state index contributed by atoms with van der Waals surface area (Å²) < 4.78 is 32.4. The third kappa shape index (κ3) is 8.16. The maximum atomic E-state index is 12.1. The molecule has 0 bridgehead atoms. The second-order valence-electron chi connectivity index (χ2n) is 6.27. The van der Waals surface area contributed by atoms with Crippen molar-refractivity contribution in [2.24, 2.45) is 10.9 Å². The summed E-state index contributed by atoms with van der Waals surface area (Å²) in [7, 11) is -3.47. The highest BCUT2D eigenvalue weighted by molar-refractivity contribution is 7.89. The number of hydrogen-bond donors (Lipinski definition) is 3. The minimum atomic E-state index is -3.47. The molecule has 0 heterocycles. The van der Waals surface area contributed by atoms with E-state index in [1.807, 2.05) is 6.92 Å². The minimum Gasteiger partial charge on any atom is -0.381 e. The summed E-state index contributed by atoms with van der Waals surface area (Å²) in [6.45, 7) is 5.77. The van der Waals surface area contributed by atoms with Gasteiger partial charge in [-0.15, -0.1) is 0 Å². The summed E-state index contributed by atoms with van der Waals surface area (Å²) in [5.74, 6) is 1.48. The average Bonchev–Trinajstić information content (AvgIpc) is 3.46. The normalized spacial score (nSPS) is 15.0. The fourth-order valence-electron chi connectivity index (χ4n) is 2.28. The first-order chi connectivity index (χ1) is 12.6. The number of ether oxygens (including phenoxy) is 1. The third-order valence-corrected chi connectivity index (χ3v) is 5.35. The molecule has 7 nitrogen and oxygen atoms in total. The number of guanidine groups is 1. The number of rotatable bonds is 12. The van der Waals surface area contributed by atoms with Gasteiger partial charge in [-0.2, -0.15) is 0 Å². The molecule has 1 aliphatic carbocycles. The highest BCUT2D eigenvalue weighted by atomic mass is 32.2. The van der Waals surface area contributed by atoms with Gasteiger partial charge in [0.15, 0.2) is 5.96 Å². The van der Waals surface area contributed by atoms with Crippen LogP contribution in [-0.4, -0.2) is 53.8 Å². The summed E-state index contributed by atoms with van der Waals surface area (Å²) in [5.41, 5.74) is 0. The van der Waals surface area contributed by atoms with E-state index in [2.05, 4.69) is 20.3 Å². The van der Waals surface area contributed by atoms with Crippen molar-refractivity contribution in [2.75, 3.05) is 39.4 Å². The molecule has 0 radical (unpaired) electrons. The van der Waals surface area contributed by atoms with Crippen molar-refractivity contribution in [3.8, 4) is 0 Å². The van der Waals surface area contributed by atoms with Crippen molar-refractivity contribution in [3.05, 3.63) is 30.3 Å². The van der Waals surface area contributed by atoms with Crippen LogP contribution in [0.5, 0.6) is 0 Å². The Morgan fingerprint density at radius 3 is 2.65 bits per heavy atom. The van der Waals surface area contributed by atoms with Crippen LogP contribution in [0, 0.1) is 5.92 Å². The highest BCUT2D eigenvalue weighted by Gasteiger charge is 2.20. The second kappa shape index (κ2) is 11.2. The van der Waals surface area contributed by atoms with E-state index in [9.17, 15) is 8.42 Å². The van der Waals surface area contributed by atoms with E-state index in [1.165, 1.54) is 12.8 Å². The number of benzene rings is 1. The Bertz CT molecular complexity index is 646. The summed E-state index contributed by atoms with van der Waals surface area (Å²) >= 11 is 0. The first kappa shape index (κ1) is 20.7. The van der Waals surface area contributed by atoms with E-state index in [1.54, 1.807) is 30.3 Å². The van der Waals surface area contributed by atoms with Crippen LogP contribution in [0.2, 0.25) is 0 Å². The van der Waals surface area contributed by atoms with Crippen LogP contribution in [-0.2, 0) is 14.8 Å². The third-order valence-electron chi connectivity index (χ3n) is 3.87. The van der Waals surface area contributed by atoms with Gasteiger partial charge < -0.3 is 15.4 Å². The Morgan fingerprint density at radius 1 is 1.19 bits per heavy atom. The van der Waals surface area contributed by atoms with E-state index < -0.39 is 10.0 Å². The van der Waals surface area contributed by atoms with Crippen molar-refractivity contribution < 1.29 is 13.2 Å². The summed E-state index contributed by atoms with van der Waals surface area (Å²) in [5, 5.41) is 6.29. The van der Waals surface area contributed by atoms with Crippen molar-refractivity contribution in [3.63, 3.8) is 0 Å². The van der Waals surface area contributed by atoms with Crippen LogP contribution in [0.3, 0.4) is 0 Å². The van der Waals surface area contributed by atoms with Gasteiger partial charge in [0.2, 0.25) is 10.0 Å². The fourth-order valence-corrected chi connectivity index (χ4v) is 3.34. The zero-order valence-corrected chi connectivity index (χ0v) is 16.2. The fraction of sp³-hybridized carbons (Fsp3) is 0.611. The molecule has 0 aromatic heterocycles. The lowest BCUT2D eigenvalue weighted by atomic mass is 10.4. The molecule has 1 aliphatic rings. The molecule has 1 aromatic carbocycles. The van der Waals surface area contributed by atoms with Gasteiger partial charge in [0.1, 0.15) is 0 Å². The molecule has 8 heteroatoms. The molecular formula is C18H30N4O3S. The van der Waals surface area contributed by atoms with E-state index in [0.717, 1.165) is 32.1 Å². The zero-order valence-electron chi connectivity index (χ0n) is 15.4. The maximum Gasteiger partial charge on any atom is 0.240 e. The van der Waals surface area contributed by atoms with Crippen LogP contribution < -0.4 is 15.4 Å². The predicted octanol–water partition coefficient (Wildman–Crippen LogP) is 1.34. The standard InChI is InChI=1S/C18H30N4O3S/c1-2-19-18(20-11-6-14-25-15-16-9-10-16)21-12-13-22-26(23,24)17-7-4-3-5-8-17/h3-5,7-8,16,22H,2,6,9-15H2,1H3,(H2,19,20,21). The molecule has 1 saturated carbocycles.